The molecule has 3 aliphatic rings. The SMILES string of the molecule is Cc1cc2c(cc1C(=O)N1CCCN(C(=O)C3CC3)CC1)OCCO2. The van der Waals surface area contributed by atoms with Gasteiger partial charge in [0.15, 0.2) is 11.5 Å². The third-order valence-electron chi connectivity index (χ3n) is 5.14. The zero-order chi connectivity index (χ0) is 17.4. The van der Waals surface area contributed by atoms with Crippen molar-refractivity contribution in [3.05, 3.63) is 23.3 Å². The Labute approximate surface area is 147 Å². The van der Waals surface area contributed by atoms with Gasteiger partial charge in [0, 0.05) is 37.7 Å². The number of amides is 2. The second kappa shape index (κ2) is 6.58. The van der Waals surface area contributed by atoms with Crippen LogP contribution in [0.4, 0.5) is 0 Å². The van der Waals surface area contributed by atoms with Gasteiger partial charge >= 0.3 is 0 Å². The predicted molar refractivity (Wildman–Crippen MR) is 92.0 cm³/mol. The maximum atomic E-state index is 13.0. The lowest BCUT2D eigenvalue weighted by Crippen LogP contribution is -2.38. The second-order valence-electron chi connectivity index (χ2n) is 7.06. The van der Waals surface area contributed by atoms with Crippen LogP contribution in [-0.2, 0) is 4.79 Å². The molecule has 2 amide bonds. The molecule has 1 saturated heterocycles. The fraction of sp³-hybridized carbons (Fsp3) is 0.579. The summed E-state index contributed by atoms with van der Waals surface area (Å²) in [5, 5.41) is 0. The van der Waals surface area contributed by atoms with E-state index in [-0.39, 0.29) is 17.7 Å². The van der Waals surface area contributed by atoms with Gasteiger partial charge in [-0.3, -0.25) is 9.59 Å². The van der Waals surface area contributed by atoms with E-state index in [9.17, 15) is 9.59 Å². The van der Waals surface area contributed by atoms with Gasteiger partial charge in [0.25, 0.3) is 5.91 Å². The minimum Gasteiger partial charge on any atom is -0.486 e. The lowest BCUT2D eigenvalue weighted by molar-refractivity contribution is -0.132. The minimum atomic E-state index is 0.00944. The molecule has 134 valence electrons. The topological polar surface area (TPSA) is 59.1 Å². The average molecular weight is 344 g/mol. The standard InChI is InChI=1S/C19H24N2O4/c1-13-11-16-17(25-10-9-24-16)12-15(13)19(23)21-6-2-5-20(7-8-21)18(22)14-3-4-14/h11-12,14H,2-10H2,1H3. The highest BCUT2D eigenvalue weighted by Gasteiger charge is 2.34. The molecule has 25 heavy (non-hydrogen) atoms. The maximum Gasteiger partial charge on any atom is 0.254 e. The molecule has 0 unspecified atom stereocenters. The summed E-state index contributed by atoms with van der Waals surface area (Å²) in [4.78, 5) is 29.1. The number of carbonyl (C=O) groups is 2. The molecule has 1 aliphatic carbocycles. The zero-order valence-electron chi connectivity index (χ0n) is 14.6. The number of nitrogens with zero attached hydrogens (tertiary/aromatic N) is 2. The van der Waals surface area contributed by atoms with Crippen molar-refractivity contribution in [3.63, 3.8) is 0 Å². The van der Waals surface area contributed by atoms with Crippen molar-refractivity contribution in [3.8, 4) is 11.5 Å². The zero-order valence-corrected chi connectivity index (χ0v) is 14.6. The van der Waals surface area contributed by atoms with Gasteiger partial charge in [-0.2, -0.15) is 0 Å². The van der Waals surface area contributed by atoms with Crippen molar-refractivity contribution in [1.82, 2.24) is 9.80 Å². The van der Waals surface area contributed by atoms with Gasteiger partial charge < -0.3 is 19.3 Å². The van der Waals surface area contributed by atoms with Crippen molar-refractivity contribution >= 4 is 11.8 Å². The highest BCUT2D eigenvalue weighted by Crippen LogP contribution is 2.34. The first-order valence-corrected chi connectivity index (χ1v) is 9.12. The Morgan fingerprint density at radius 1 is 0.960 bits per heavy atom. The van der Waals surface area contributed by atoms with Gasteiger partial charge in [0.05, 0.1) is 0 Å². The number of carbonyl (C=O) groups excluding carboxylic acids is 2. The van der Waals surface area contributed by atoms with Crippen molar-refractivity contribution in [1.29, 1.82) is 0 Å². The molecule has 0 aromatic heterocycles. The van der Waals surface area contributed by atoms with Crippen LogP contribution in [0.5, 0.6) is 11.5 Å². The highest BCUT2D eigenvalue weighted by molar-refractivity contribution is 5.96. The number of fused-ring (bicyclic) bond motifs is 1. The predicted octanol–water partition coefficient (Wildman–Crippen LogP) is 1.85. The third-order valence-corrected chi connectivity index (χ3v) is 5.14. The lowest BCUT2D eigenvalue weighted by atomic mass is 10.1. The van der Waals surface area contributed by atoms with Crippen LogP contribution in [0.25, 0.3) is 0 Å². The summed E-state index contributed by atoms with van der Waals surface area (Å²) in [7, 11) is 0. The first-order chi connectivity index (χ1) is 12.1. The quantitative estimate of drug-likeness (QED) is 0.822. The van der Waals surface area contributed by atoms with Crippen LogP contribution in [0.15, 0.2) is 12.1 Å². The van der Waals surface area contributed by atoms with Crippen LogP contribution in [0.1, 0.15) is 35.2 Å². The van der Waals surface area contributed by atoms with E-state index in [2.05, 4.69) is 0 Å². The van der Waals surface area contributed by atoms with Gasteiger partial charge in [0.2, 0.25) is 5.91 Å². The highest BCUT2D eigenvalue weighted by atomic mass is 16.6. The second-order valence-corrected chi connectivity index (χ2v) is 7.06. The molecule has 2 heterocycles. The summed E-state index contributed by atoms with van der Waals surface area (Å²) < 4.78 is 11.2. The summed E-state index contributed by atoms with van der Waals surface area (Å²) >= 11 is 0. The summed E-state index contributed by atoms with van der Waals surface area (Å²) in [6.45, 7) is 5.62. The summed E-state index contributed by atoms with van der Waals surface area (Å²) in [5.74, 6) is 1.86. The first kappa shape index (κ1) is 16.2. The molecule has 2 aliphatic heterocycles. The average Bonchev–Trinajstić information content (AvgIpc) is 3.46. The van der Waals surface area contributed by atoms with Gasteiger partial charge in [-0.25, -0.2) is 0 Å². The molecule has 4 rings (SSSR count). The Hall–Kier alpha value is -2.24. The van der Waals surface area contributed by atoms with Crippen LogP contribution in [0, 0.1) is 12.8 Å². The third kappa shape index (κ3) is 3.30. The van der Waals surface area contributed by atoms with Gasteiger partial charge in [-0.15, -0.1) is 0 Å². The van der Waals surface area contributed by atoms with E-state index in [4.69, 9.17) is 9.47 Å². The Kier molecular flexibility index (Phi) is 4.27. The van der Waals surface area contributed by atoms with Crippen molar-refractivity contribution in [2.45, 2.75) is 26.2 Å². The number of rotatable bonds is 2. The van der Waals surface area contributed by atoms with Gasteiger partial charge in [-0.1, -0.05) is 0 Å². The Bertz CT molecular complexity index is 699. The summed E-state index contributed by atoms with van der Waals surface area (Å²) in [5.41, 5.74) is 1.55. The van der Waals surface area contributed by atoms with Crippen molar-refractivity contribution in [2.24, 2.45) is 5.92 Å². The fourth-order valence-corrected chi connectivity index (χ4v) is 3.52. The molecule has 1 aromatic rings. The molecule has 0 atom stereocenters. The number of aryl methyl sites for hydroxylation is 1. The Morgan fingerprint density at radius 2 is 1.60 bits per heavy atom. The van der Waals surface area contributed by atoms with Crippen LogP contribution in [0.2, 0.25) is 0 Å². The maximum absolute atomic E-state index is 13.0. The molecule has 6 heteroatoms. The molecule has 0 bridgehead atoms. The normalized spacial score (nSPS) is 20.2. The molecule has 2 fully saturated rings. The molecule has 0 N–H and O–H groups in total. The molecule has 0 radical (unpaired) electrons. The molecule has 0 spiro atoms. The smallest absolute Gasteiger partial charge is 0.254 e. The summed E-state index contributed by atoms with van der Waals surface area (Å²) in [6.07, 6.45) is 2.87. The van der Waals surface area contributed by atoms with Crippen molar-refractivity contribution in [2.75, 3.05) is 39.4 Å². The van der Waals surface area contributed by atoms with E-state index in [0.717, 1.165) is 31.4 Å². The van der Waals surface area contributed by atoms with E-state index < -0.39 is 0 Å². The largest absolute Gasteiger partial charge is 0.486 e. The number of benzene rings is 1. The lowest BCUT2D eigenvalue weighted by Gasteiger charge is -2.24. The van der Waals surface area contributed by atoms with Crippen LogP contribution in [-0.4, -0.2) is 61.0 Å². The van der Waals surface area contributed by atoms with E-state index >= 15 is 0 Å². The monoisotopic (exact) mass is 344 g/mol. The van der Waals surface area contributed by atoms with Crippen LogP contribution in [0.3, 0.4) is 0 Å². The van der Waals surface area contributed by atoms with E-state index in [1.807, 2.05) is 22.8 Å². The molecule has 1 aromatic carbocycles. The Morgan fingerprint density at radius 3 is 2.32 bits per heavy atom. The molecule has 6 nitrogen and oxygen atoms in total. The minimum absolute atomic E-state index is 0.00944. The van der Waals surface area contributed by atoms with E-state index in [1.165, 1.54) is 0 Å². The Balaban J connectivity index is 1.48. The molecule has 1 saturated carbocycles. The molecular formula is C19H24N2O4. The summed E-state index contributed by atoms with van der Waals surface area (Å²) in [6, 6.07) is 3.67. The number of ether oxygens (including phenoxy) is 2. The van der Waals surface area contributed by atoms with E-state index in [0.29, 0.717) is 49.9 Å². The fourth-order valence-electron chi connectivity index (χ4n) is 3.52. The van der Waals surface area contributed by atoms with Gasteiger partial charge in [-0.05, 0) is 43.9 Å². The van der Waals surface area contributed by atoms with Gasteiger partial charge in [0.1, 0.15) is 13.2 Å². The van der Waals surface area contributed by atoms with E-state index in [1.54, 1.807) is 6.07 Å². The number of hydrogen-bond donors (Lipinski definition) is 0. The van der Waals surface area contributed by atoms with Crippen LogP contribution >= 0.6 is 0 Å². The van der Waals surface area contributed by atoms with Crippen LogP contribution < -0.4 is 9.47 Å². The first-order valence-electron chi connectivity index (χ1n) is 9.12. The molecular weight excluding hydrogens is 320 g/mol. The van der Waals surface area contributed by atoms with Crippen molar-refractivity contribution < 1.29 is 19.1 Å². The number of hydrogen-bond acceptors (Lipinski definition) is 4.